The standard InChI is InChI=1S/C14H18O5S/c1-18-10-2-3-13-11(8-10)12(15)9-14(19-13)4-6-20(16,17)7-5-14/h2-3,8,12,15H,4-7,9H2,1H3/t12-/m1/s1. The summed E-state index contributed by atoms with van der Waals surface area (Å²) in [4.78, 5) is 0. The van der Waals surface area contributed by atoms with Crippen molar-refractivity contribution in [2.75, 3.05) is 18.6 Å². The first-order valence-corrected chi connectivity index (χ1v) is 8.51. The van der Waals surface area contributed by atoms with Crippen LogP contribution in [-0.4, -0.2) is 37.7 Å². The van der Waals surface area contributed by atoms with Crippen molar-refractivity contribution in [3.8, 4) is 11.5 Å². The summed E-state index contributed by atoms with van der Waals surface area (Å²) < 4.78 is 34.3. The molecule has 20 heavy (non-hydrogen) atoms. The molecule has 1 atom stereocenters. The molecule has 0 unspecified atom stereocenters. The van der Waals surface area contributed by atoms with Gasteiger partial charge < -0.3 is 14.6 Å². The molecule has 1 saturated heterocycles. The summed E-state index contributed by atoms with van der Waals surface area (Å²) in [6.45, 7) is 0. The van der Waals surface area contributed by atoms with Crippen molar-refractivity contribution >= 4 is 9.84 Å². The van der Waals surface area contributed by atoms with E-state index >= 15 is 0 Å². The smallest absolute Gasteiger partial charge is 0.150 e. The van der Waals surface area contributed by atoms with Gasteiger partial charge in [0.2, 0.25) is 0 Å². The Kier molecular flexibility index (Phi) is 3.17. The molecule has 1 spiro atoms. The molecule has 110 valence electrons. The summed E-state index contributed by atoms with van der Waals surface area (Å²) in [5.74, 6) is 1.56. The maximum absolute atomic E-state index is 11.6. The third-order valence-corrected chi connectivity index (χ3v) is 5.86. The lowest BCUT2D eigenvalue weighted by molar-refractivity contribution is -0.0209. The lowest BCUT2D eigenvalue weighted by Crippen LogP contribution is -2.47. The van der Waals surface area contributed by atoms with E-state index in [0.717, 1.165) is 0 Å². The predicted octanol–water partition coefficient (Wildman–Crippen LogP) is 1.46. The van der Waals surface area contributed by atoms with Crippen molar-refractivity contribution in [2.24, 2.45) is 0 Å². The molecule has 0 aliphatic carbocycles. The van der Waals surface area contributed by atoms with Crippen molar-refractivity contribution in [1.29, 1.82) is 0 Å². The van der Waals surface area contributed by atoms with E-state index in [4.69, 9.17) is 9.47 Å². The van der Waals surface area contributed by atoms with E-state index in [9.17, 15) is 13.5 Å². The molecule has 2 heterocycles. The number of sulfone groups is 1. The van der Waals surface area contributed by atoms with Crippen LogP contribution in [0.15, 0.2) is 18.2 Å². The molecule has 2 aliphatic rings. The van der Waals surface area contributed by atoms with Crippen LogP contribution >= 0.6 is 0 Å². The van der Waals surface area contributed by atoms with Gasteiger partial charge in [-0.15, -0.1) is 0 Å². The van der Waals surface area contributed by atoms with Crippen molar-refractivity contribution in [1.82, 2.24) is 0 Å². The summed E-state index contributed by atoms with van der Waals surface area (Å²) in [5.41, 5.74) is 0.162. The Morgan fingerprint density at radius 2 is 2.05 bits per heavy atom. The lowest BCUT2D eigenvalue weighted by atomic mass is 9.84. The number of ether oxygens (including phenoxy) is 2. The van der Waals surface area contributed by atoms with Crippen LogP contribution in [0, 0.1) is 0 Å². The highest BCUT2D eigenvalue weighted by atomic mass is 32.2. The van der Waals surface area contributed by atoms with Gasteiger partial charge in [0.25, 0.3) is 0 Å². The maximum atomic E-state index is 11.6. The van der Waals surface area contributed by atoms with Gasteiger partial charge in [0.1, 0.15) is 17.1 Å². The van der Waals surface area contributed by atoms with Crippen LogP contribution in [0.3, 0.4) is 0 Å². The number of aliphatic hydroxyl groups is 1. The lowest BCUT2D eigenvalue weighted by Gasteiger charge is -2.43. The molecule has 1 fully saturated rings. The molecule has 2 aliphatic heterocycles. The van der Waals surface area contributed by atoms with Gasteiger partial charge in [-0.25, -0.2) is 8.42 Å². The Morgan fingerprint density at radius 3 is 2.70 bits per heavy atom. The fourth-order valence-electron chi connectivity index (χ4n) is 2.96. The summed E-state index contributed by atoms with van der Waals surface area (Å²) >= 11 is 0. The van der Waals surface area contributed by atoms with Gasteiger partial charge in [0.15, 0.2) is 9.84 Å². The van der Waals surface area contributed by atoms with Gasteiger partial charge in [-0.3, -0.25) is 0 Å². The van der Waals surface area contributed by atoms with Crippen molar-refractivity contribution in [2.45, 2.75) is 31.0 Å². The topological polar surface area (TPSA) is 72.8 Å². The summed E-state index contributed by atoms with van der Waals surface area (Å²) in [5, 5.41) is 10.3. The monoisotopic (exact) mass is 298 g/mol. The molecule has 0 bridgehead atoms. The van der Waals surface area contributed by atoms with E-state index in [-0.39, 0.29) is 11.5 Å². The van der Waals surface area contributed by atoms with Crippen LogP contribution < -0.4 is 9.47 Å². The Hall–Kier alpha value is -1.27. The van der Waals surface area contributed by atoms with E-state index in [2.05, 4.69) is 0 Å². The molecular formula is C14H18O5S. The molecule has 0 saturated carbocycles. The Balaban J connectivity index is 1.89. The molecule has 0 aromatic heterocycles. The average Bonchev–Trinajstić information content (AvgIpc) is 2.43. The van der Waals surface area contributed by atoms with E-state index in [1.54, 1.807) is 25.3 Å². The van der Waals surface area contributed by atoms with Gasteiger partial charge in [-0.05, 0) is 18.2 Å². The number of aliphatic hydroxyl groups excluding tert-OH is 1. The van der Waals surface area contributed by atoms with Crippen LogP contribution in [0.25, 0.3) is 0 Å². The maximum Gasteiger partial charge on any atom is 0.150 e. The largest absolute Gasteiger partial charge is 0.497 e. The second-order valence-corrected chi connectivity index (χ2v) is 7.86. The third-order valence-electron chi connectivity index (χ3n) is 4.21. The predicted molar refractivity (Wildman–Crippen MR) is 73.8 cm³/mol. The van der Waals surface area contributed by atoms with Gasteiger partial charge in [0, 0.05) is 24.8 Å². The minimum atomic E-state index is -2.95. The Morgan fingerprint density at radius 1 is 1.35 bits per heavy atom. The molecule has 1 aromatic rings. The van der Waals surface area contributed by atoms with Gasteiger partial charge >= 0.3 is 0 Å². The number of hydrogen-bond donors (Lipinski definition) is 1. The van der Waals surface area contributed by atoms with E-state index < -0.39 is 21.5 Å². The highest BCUT2D eigenvalue weighted by molar-refractivity contribution is 7.91. The highest BCUT2D eigenvalue weighted by Crippen LogP contribution is 2.45. The molecule has 0 radical (unpaired) electrons. The second kappa shape index (κ2) is 4.63. The zero-order valence-corrected chi connectivity index (χ0v) is 12.1. The zero-order valence-electron chi connectivity index (χ0n) is 11.3. The molecule has 0 amide bonds. The highest BCUT2D eigenvalue weighted by Gasteiger charge is 2.44. The van der Waals surface area contributed by atoms with Crippen molar-refractivity contribution < 1.29 is 23.0 Å². The molecule has 6 heteroatoms. The van der Waals surface area contributed by atoms with Gasteiger partial charge in [-0.2, -0.15) is 0 Å². The number of benzene rings is 1. The minimum absolute atomic E-state index is 0.130. The summed E-state index contributed by atoms with van der Waals surface area (Å²) in [7, 11) is -1.37. The van der Waals surface area contributed by atoms with E-state index in [1.165, 1.54) is 0 Å². The molecule has 1 N–H and O–H groups in total. The molecule has 1 aromatic carbocycles. The van der Waals surface area contributed by atoms with Crippen molar-refractivity contribution in [3.05, 3.63) is 23.8 Å². The minimum Gasteiger partial charge on any atom is -0.497 e. The van der Waals surface area contributed by atoms with Crippen LogP contribution in [-0.2, 0) is 9.84 Å². The van der Waals surface area contributed by atoms with Gasteiger partial charge in [0.05, 0.1) is 24.7 Å². The van der Waals surface area contributed by atoms with Crippen LogP contribution in [0.1, 0.15) is 30.9 Å². The zero-order chi connectivity index (χ0) is 14.4. The Labute approximate surface area is 118 Å². The normalized spacial score (nSPS) is 26.6. The first-order chi connectivity index (χ1) is 9.43. The van der Waals surface area contributed by atoms with Gasteiger partial charge in [-0.1, -0.05) is 0 Å². The average molecular weight is 298 g/mol. The van der Waals surface area contributed by atoms with Crippen LogP contribution in [0.4, 0.5) is 0 Å². The fraction of sp³-hybridized carbons (Fsp3) is 0.571. The second-order valence-electron chi connectivity index (χ2n) is 5.56. The molecule has 3 rings (SSSR count). The number of methoxy groups -OCH3 is 1. The Bertz CT molecular complexity index is 608. The summed E-state index contributed by atoms with van der Waals surface area (Å²) in [6.07, 6.45) is 0.674. The van der Waals surface area contributed by atoms with Crippen LogP contribution in [0.5, 0.6) is 11.5 Å². The quantitative estimate of drug-likeness (QED) is 0.849. The number of hydrogen-bond acceptors (Lipinski definition) is 5. The first kappa shape index (κ1) is 13.7. The SMILES string of the molecule is COc1ccc2c(c1)[C@H](O)CC1(CCS(=O)(=O)CC1)O2. The summed E-state index contributed by atoms with van der Waals surface area (Å²) in [6, 6.07) is 5.33. The fourth-order valence-corrected chi connectivity index (χ4v) is 4.53. The number of rotatable bonds is 1. The third kappa shape index (κ3) is 2.38. The molecule has 5 nitrogen and oxygen atoms in total. The van der Waals surface area contributed by atoms with Crippen LogP contribution in [0.2, 0.25) is 0 Å². The van der Waals surface area contributed by atoms with Crippen molar-refractivity contribution in [3.63, 3.8) is 0 Å². The number of fused-ring (bicyclic) bond motifs is 1. The van der Waals surface area contributed by atoms with E-state index in [1.807, 2.05) is 0 Å². The first-order valence-electron chi connectivity index (χ1n) is 6.69. The molecular weight excluding hydrogens is 280 g/mol. The van der Waals surface area contributed by atoms with E-state index in [0.29, 0.717) is 36.3 Å².